The van der Waals surface area contributed by atoms with Crippen LogP contribution in [0.15, 0.2) is 0 Å². The summed E-state index contributed by atoms with van der Waals surface area (Å²) < 4.78 is 0. The SMILES string of the molecule is O=C(CNCC1CC1)NCCC1CC1. The van der Waals surface area contributed by atoms with Gasteiger partial charge in [0.15, 0.2) is 0 Å². The van der Waals surface area contributed by atoms with Gasteiger partial charge in [0.2, 0.25) is 5.91 Å². The maximum absolute atomic E-state index is 11.3. The molecule has 1 amide bonds. The van der Waals surface area contributed by atoms with Crippen molar-refractivity contribution in [3.63, 3.8) is 0 Å². The maximum atomic E-state index is 11.3. The zero-order valence-corrected chi connectivity index (χ0v) is 8.72. The Kier molecular flexibility index (Phi) is 3.40. The summed E-state index contributed by atoms with van der Waals surface area (Å²) in [5.74, 6) is 1.93. The van der Waals surface area contributed by atoms with Crippen molar-refractivity contribution in [2.75, 3.05) is 19.6 Å². The van der Waals surface area contributed by atoms with Crippen LogP contribution < -0.4 is 10.6 Å². The highest BCUT2D eigenvalue weighted by Crippen LogP contribution is 2.31. The van der Waals surface area contributed by atoms with Gasteiger partial charge in [-0.05, 0) is 37.6 Å². The van der Waals surface area contributed by atoms with E-state index in [-0.39, 0.29) is 5.91 Å². The fourth-order valence-electron chi connectivity index (χ4n) is 1.60. The predicted molar refractivity (Wildman–Crippen MR) is 55.9 cm³/mol. The highest BCUT2D eigenvalue weighted by molar-refractivity contribution is 5.77. The van der Waals surface area contributed by atoms with Gasteiger partial charge in [-0.25, -0.2) is 0 Å². The first-order valence-electron chi connectivity index (χ1n) is 5.82. The molecular weight excluding hydrogens is 176 g/mol. The summed E-state index contributed by atoms with van der Waals surface area (Å²) >= 11 is 0. The lowest BCUT2D eigenvalue weighted by atomic mass is 10.3. The van der Waals surface area contributed by atoms with Gasteiger partial charge in [-0.3, -0.25) is 4.79 Å². The Hall–Kier alpha value is -0.570. The van der Waals surface area contributed by atoms with E-state index in [1.54, 1.807) is 0 Å². The van der Waals surface area contributed by atoms with Crippen LogP contribution in [0, 0.1) is 11.8 Å². The molecule has 2 aliphatic rings. The summed E-state index contributed by atoms with van der Waals surface area (Å²) in [6, 6.07) is 0. The average Bonchev–Trinajstić information content (AvgIpc) is 2.99. The lowest BCUT2D eigenvalue weighted by Crippen LogP contribution is -2.35. The number of amides is 1. The molecule has 2 fully saturated rings. The molecule has 0 bridgehead atoms. The molecule has 3 heteroatoms. The van der Waals surface area contributed by atoms with Gasteiger partial charge in [0, 0.05) is 6.54 Å². The molecule has 0 aromatic carbocycles. The molecule has 0 spiro atoms. The van der Waals surface area contributed by atoms with E-state index in [0.29, 0.717) is 6.54 Å². The molecule has 3 nitrogen and oxygen atoms in total. The van der Waals surface area contributed by atoms with Gasteiger partial charge in [0.25, 0.3) is 0 Å². The van der Waals surface area contributed by atoms with Crippen molar-refractivity contribution in [1.82, 2.24) is 10.6 Å². The van der Waals surface area contributed by atoms with E-state index in [9.17, 15) is 4.79 Å². The molecule has 0 radical (unpaired) electrons. The molecule has 2 aliphatic carbocycles. The molecule has 2 N–H and O–H groups in total. The molecule has 0 unspecified atom stereocenters. The van der Waals surface area contributed by atoms with E-state index in [4.69, 9.17) is 0 Å². The van der Waals surface area contributed by atoms with Gasteiger partial charge in [-0.1, -0.05) is 12.8 Å². The summed E-state index contributed by atoms with van der Waals surface area (Å²) in [7, 11) is 0. The Morgan fingerprint density at radius 3 is 2.50 bits per heavy atom. The fourth-order valence-corrected chi connectivity index (χ4v) is 1.60. The Balaban J connectivity index is 1.40. The zero-order chi connectivity index (χ0) is 9.80. The smallest absolute Gasteiger partial charge is 0.233 e. The third kappa shape index (κ3) is 4.09. The first kappa shape index (κ1) is 9.97. The third-order valence-corrected chi connectivity index (χ3v) is 2.99. The van der Waals surface area contributed by atoms with Gasteiger partial charge in [-0.2, -0.15) is 0 Å². The summed E-state index contributed by atoms with van der Waals surface area (Å²) in [6.07, 6.45) is 6.60. The van der Waals surface area contributed by atoms with Crippen molar-refractivity contribution in [3.05, 3.63) is 0 Å². The van der Waals surface area contributed by atoms with Gasteiger partial charge in [0.05, 0.1) is 6.54 Å². The lowest BCUT2D eigenvalue weighted by molar-refractivity contribution is -0.120. The van der Waals surface area contributed by atoms with Gasteiger partial charge in [0.1, 0.15) is 0 Å². The molecule has 0 aliphatic heterocycles. The standard InChI is InChI=1S/C11H20N2O/c14-11(8-12-7-10-3-4-10)13-6-5-9-1-2-9/h9-10,12H,1-8H2,(H,13,14). The van der Waals surface area contributed by atoms with Crippen LogP contribution in [0.5, 0.6) is 0 Å². The van der Waals surface area contributed by atoms with E-state index in [1.807, 2.05) is 0 Å². The minimum Gasteiger partial charge on any atom is -0.355 e. The van der Waals surface area contributed by atoms with Crippen LogP contribution in [0.3, 0.4) is 0 Å². The molecule has 0 heterocycles. The van der Waals surface area contributed by atoms with Gasteiger partial charge < -0.3 is 10.6 Å². The maximum Gasteiger partial charge on any atom is 0.233 e. The Morgan fingerprint density at radius 1 is 1.14 bits per heavy atom. The quantitative estimate of drug-likeness (QED) is 0.635. The largest absolute Gasteiger partial charge is 0.355 e. The van der Waals surface area contributed by atoms with E-state index in [0.717, 1.165) is 24.9 Å². The highest BCUT2D eigenvalue weighted by atomic mass is 16.1. The predicted octanol–water partition coefficient (Wildman–Crippen LogP) is 0.902. The van der Waals surface area contributed by atoms with Crippen molar-refractivity contribution in [3.8, 4) is 0 Å². The summed E-state index contributed by atoms with van der Waals surface area (Å²) in [5, 5.41) is 6.14. The minimum atomic E-state index is 0.159. The number of nitrogens with one attached hydrogen (secondary N) is 2. The zero-order valence-electron chi connectivity index (χ0n) is 8.72. The van der Waals surface area contributed by atoms with E-state index in [1.165, 1.54) is 32.1 Å². The molecule has 0 aromatic heterocycles. The number of carbonyl (C=O) groups is 1. The van der Waals surface area contributed by atoms with Crippen LogP contribution in [0.2, 0.25) is 0 Å². The van der Waals surface area contributed by atoms with Crippen molar-refractivity contribution in [2.24, 2.45) is 11.8 Å². The monoisotopic (exact) mass is 196 g/mol. The number of hydrogen-bond donors (Lipinski definition) is 2. The Morgan fingerprint density at radius 2 is 1.86 bits per heavy atom. The van der Waals surface area contributed by atoms with E-state index in [2.05, 4.69) is 10.6 Å². The van der Waals surface area contributed by atoms with Crippen LogP contribution >= 0.6 is 0 Å². The Labute approximate surface area is 85.6 Å². The van der Waals surface area contributed by atoms with E-state index >= 15 is 0 Å². The molecule has 80 valence electrons. The summed E-state index contributed by atoms with van der Waals surface area (Å²) in [4.78, 5) is 11.3. The topological polar surface area (TPSA) is 41.1 Å². The normalized spacial score (nSPS) is 20.9. The molecule has 2 saturated carbocycles. The Bertz CT molecular complexity index is 177. The fraction of sp³-hybridized carbons (Fsp3) is 0.909. The van der Waals surface area contributed by atoms with Crippen LogP contribution in [0.25, 0.3) is 0 Å². The highest BCUT2D eigenvalue weighted by Gasteiger charge is 2.21. The summed E-state index contributed by atoms with van der Waals surface area (Å²) in [5.41, 5.74) is 0. The van der Waals surface area contributed by atoms with Crippen molar-refractivity contribution >= 4 is 5.91 Å². The van der Waals surface area contributed by atoms with Crippen molar-refractivity contribution in [2.45, 2.75) is 32.1 Å². The number of hydrogen-bond acceptors (Lipinski definition) is 2. The second kappa shape index (κ2) is 4.78. The molecule has 0 atom stereocenters. The van der Waals surface area contributed by atoms with E-state index < -0.39 is 0 Å². The molecule has 0 aromatic rings. The first-order chi connectivity index (χ1) is 6.84. The first-order valence-corrected chi connectivity index (χ1v) is 5.82. The molecule has 2 rings (SSSR count). The van der Waals surface area contributed by atoms with Crippen molar-refractivity contribution in [1.29, 1.82) is 0 Å². The average molecular weight is 196 g/mol. The number of carbonyl (C=O) groups excluding carboxylic acids is 1. The third-order valence-electron chi connectivity index (χ3n) is 2.99. The second-order valence-electron chi connectivity index (χ2n) is 4.66. The van der Waals surface area contributed by atoms with Crippen molar-refractivity contribution < 1.29 is 4.79 Å². The van der Waals surface area contributed by atoms with Crippen LogP contribution in [0.4, 0.5) is 0 Å². The van der Waals surface area contributed by atoms with Crippen LogP contribution in [0.1, 0.15) is 32.1 Å². The van der Waals surface area contributed by atoms with Crippen LogP contribution in [-0.2, 0) is 4.79 Å². The second-order valence-corrected chi connectivity index (χ2v) is 4.66. The van der Waals surface area contributed by atoms with Gasteiger partial charge >= 0.3 is 0 Å². The van der Waals surface area contributed by atoms with Crippen LogP contribution in [-0.4, -0.2) is 25.5 Å². The minimum absolute atomic E-state index is 0.159. The lowest BCUT2D eigenvalue weighted by Gasteiger charge is -2.05. The molecule has 0 saturated heterocycles. The molecule has 14 heavy (non-hydrogen) atoms. The summed E-state index contributed by atoms with van der Waals surface area (Å²) in [6.45, 7) is 2.39. The number of rotatable bonds is 7. The van der Waals surface area contributed by atoms with Gasteiger partial charge in [-0.15, -0.1) is 0 Å². The molecular formula is C11H20N2O.